The monoisotopic (exact) mass is 1790 g/mol. The molecule has 43 nitrogen and oxygen atoms in total. The Morgan fingerprint density at radius 3 is 0.667 bits per heavy atom. The molecule has 3 amide bonds. The highest BCUT2D eigenvalue weighted by Crippen LogP contribution is 2.06. The number of carbonyl (C=O) groups is 13. The highest BCUT2D eigenvalue weighted by molar-refractivity contribution is 9.09. The lowest BCUT2D eigenvalue weighted by molar-refractivity contribution is -0.147. The number of amides is 3. The third kappa shape index (κ3) is 103. The third-order valence-corrected chi connectivity index (χ3v) is 13.2. The van der Waals surface area contributed by atoms with Crippen LogP contribution in [0.4, 0.5) is 0 Å². The molecule has 45 heteroatoms. The number of methoxy groups -OCH3 is 9. The Morgan fingerprint density at radius 2 is 0.462 bits per heavy atom. The average Bonchev–Trinajstić information content (AvgIpc) is 0.950. The van der Waals surface area contributed by atoms with E-state index in [-0.39, 0.29) is 142 Å². The second-order valence-electron chi connectivity index (χ2n) is 22.6. The van der Waals surface area contributed by atoms with Gasteiger partial charge in [-0.1, -0.05) is 36.7 Å². The van der Waals surface area contributed by atoms with Crippen LogP contribution in [0.25, 0.3) is 0 Å². The van der Waals surface area contributed by atoms with Crippen LogP contribution in [0.2, 0.25) is 0 Å². The van der Waals surface area contributed by atoms with Gasteiger partial charge in [0.05, 0.1) is 267 Å². The highest BCUT2D eigenvalue weighted by Gasteiger charge is 2.24. The van der Waals surface area contributed by atoms with E-state index in [1.54, 1.807) is 0 Å². The van der Waals surface area contributed by atoms with Gasteiger partial charge in [0.2, 0.25) is 17.7 Å². The molecule has 117 heavy (non-hydrogen) atoms. The molecule has 0 aliphatic rings. The standard InChI is InChI=1S/C16H29NO8.C15H26BrNO8.C15H27NO9.C10H20O5.C9H18O5.C7H13NO4.ClH/c1-4-5-23-6-7-24-8-9-25-12-14(18)17-13(10-15(19)21-2)11-16(20)22-3;1-21-14(19)9-12(10-15(20)22-2)17-13(18)11-25-8-7-24-6-5-23-4-3-16;1-21-14(19)9-12(10-15(20)22-2)16-13(18)11-25-8-7-24-6-5-23-4-3-17;1-3-4-13-5-6-14-7-8-15-9-10(11)12-2;1-2-3-12-4-5-13-6-7-14-8-9(10)11;1-11-6(9)3-5(8)4-7(10)12-2;/h13H,4-12H2,1-3H3,(H,17,18);12H,3-11H2,1-2H3,(H,17,18);12,17H,3-11H2,1-2H3,(H,16,18);3-9H2,1-2H3;2-8H2,1H3,(H,10,11);5H,3-4,8H2,1-2H3;1H. The number of nitrogens with one attached hydrogen (secondary N) is 3. The lowest BCUT2D eigenvalue weighted by Gasteiger charge is -2.16. The number of aliphatic carboxylic acids is 1. The first-order valence-electron chi connectivity index (χ1n) is 37.1. The summed E-state index contributed by atoms with van der Waals surface area (Å²) in [5.41, 5.74) is 5.42. The minimum atomic E-state index is -0.962. The summed E-state index contributed by atoms with van der Waals surface area (Å²) in [5, 5.41) is 25.1. The minimum absolute atomic E-state index is 0. The number of carboxylic acids is 1. The van der Waals surface area contributed by atoms with Crippen molar-refractivity contribution in [1.29, 1.82) is 0 Å². The van der Waals surface area contributed by atoms with Crippen molar-refractivity contribution in [3.63, 3.8) is 0 Å². The Bertz CT molecular complexity index is 2190. The van der Waals surface area contributed by atoms with E-state index in [1.807, 2.05) is 13.8 Å². The number of aliphatic hydroxyl groups excluding tert-OH is 1. The van der Waals surface area contributed by atoms with Crippen LogP contribution in [-0.4, -0.2) is 386 Å². The van der Waals surface area contributed by atoms with Crippen LogP contribution in [0.5, 0.6) is 0 Å². The Kier molecular flexibility index (Phi) is 103. The number of hydrogen-bond donors (Lipinski definition) is 6. The van der Waals surface area contributed by atoms with Gasteiger partial charge >= 0.3 is 59.7 Å². The van der Waals surface area contributed by atoms with Crippen LogP contribution in [0.15, 0.2) is 0 Å². The van der Waals surface area contributed by atoms with Crippen molar-refractivity contribution in [3.05, 3.63) is 0 Å². The number of ether oxygens (including phenoxy) is 24. The molecule has 0 radical (unpaired) electrons. The lowest BCUT2D eigenvalue weighted by Crippen LogP contribution is -2.40. The molecular weight excluding hydrogens is 1660 g/mol. The van der Waals surface area contributed by atoms with Gasteiger partial charge in [0, 0.05) is 49.3 Å². The fraction of sp³-hybridized carbons (Fsp3) is 0.819. The highest BCUT2D eigenvalue weighted by atomic mass is 79.9. The van der Waals surface area contributed by atoms with Crippen LogP contribution in [0.1, 0.15) is 91.4 Å². The van der Waals surface area contributed by atoms with Gasteiger partial charge in [0.1, 0.15) is 33.0 Å². The molecule has 0 aliphatic heterocycles. The lowest BCUT2D eigenvalue weighted by atomic mass is 10.1. The number of aliphatic hydroxyl groups is 1. The average molecular weight is 1800 g/mol. The molecule has 0 aliphatic carbocycles. The number of hydrogen-bond acceptors (Lipinski definition) is 39. The Hall–Kier alpha value is -6.80. The summed E-state index contributed by atoms with van der Waals surface area (Å²) in [6.45, 7) is 16.4. The third-order valence-electron chi connectivity index (χ3n) is 12.8. The Labute approximate surface area is 700 Å². The first-order valence-corrected chi connectivity index (χ1v) is 38.2. The predicted molar refractivity (Wildman–Crippen MR) is 418 cm³/mol. The van der Waals surface area contributed by atoms with Crippen molar-refractivity contribution in [2.75, 3.05) is 274 Å². The topological polar surface area (TPSA) is 546 Å². The van der Waals surface area contributed by atoms with E-state index in [4.69, 9.17) is 87.0 Å². The van der Waals surface area contributed by atoms with Crippen molar-refractivity contribution < 1.29 is 186 Å². The van der Waals surface area contributed by atoms with Gasteiger partial charge in [-0.25, -0.2) is 9.59 Å². The first-order chi connectivity index (χ1) is 55.8. The number of rotatable bonds is 69. The Balaban J connectivity index is -0.000000253. The van der Waals surface area contributed by atoms with E-state index >= 15 is 0 Å². The zero-order valence-corrected chi connectivity index (χ0v) is 72.5. The van der Waals surface area contributed by atoms with Gasteiger partial charge in [0.25, 0.3) is 0 Å². The van der Waals surface area contributed by atoms with E-state index in [2.05, 4.69) is 81.4 Å². The van der Waals surface area contributed by atoms with Gasteiger partial charge in [-0.15, -0.1) is 12.4 Å². The van der Waals surface area contributed by atoms with Crippen LogP contribution in [0.3, 0.4) is 0 Å². The van der Waals surface area contributed by atoms with E-state index in [0.29, 0.717) is 119 Å². The van der Waals surface area contributed by atoms with Gasteiger partial charge in [0.15, 0.2) is 0 Å². The van der Waals surface area contributed by atoms with Crippen LogP contribution < -0.4 is 21.7 Å². The summed E-state index contributed by atoms with van der Waals surface area (Å²) in [4.78, 5) is 145. The Morgan fingerprint density at radius 1 is 0.274 bits per heavy atom. The van der Waals surface area contributed by atoms with Crippen molar-refractivity contribution in [2.24, 2.45) is 5.73 Å². The van der Waals surface area contributed by atoms with Gasteiger partial charge in [-0.3, -0.25) is 52.7 Å². The number of carboxylic acid groups (broad SMARTS) is 1. The number of halogens is 2. The largest absolute Gasteiger partial charge is 0.480 e. The number of carbonyl (C=O) groups excluding carboxylic acids is 12. The normalized spacial score (nSPS) is 10.3. The quantitative estimate of drug-likeness (QED) is 0.0198. The van der Waals surface area contributed by atoms with Crippen LogP contribution in [0, 0.1) is 0 Å². The first kappa shape index (κ1) is 123. The molecular formula is C72H134BrClN4O39. The van der Waals surface area contributed by atoms with Gasteiger partial charge in [-0.2, -0.15) is 0 Å². The molecule has 0 aromatic rings. The SMILES string of the molecule is CCCOCCOCCOCC(=O)NC(CC(=O)OC)CC(=O)OC.CCCOCCOCCOCC(=O)O.CCCOCCOCCOCC(=O)OC.COC(=O)CC(CC(=O)OC)NC(=O)COCCOCCOCCBr.COC(=O)CC(CC(=O)OC)NC(=O)COCCOCCOCCO.COC(=O)CC(N)CC(=O)OC.Cl. The maximum Gasteiger partial charge on any atom is 0.331 e. The zero-order valence-electron chi connectivity index (χ0n) is 70.1. The minimum Gasteiger partial charge on any atom is -0.480 e. The maximum absolute atomic E-state index is 11.8. The molecule has 0 aromatic carbocycles. The molecule has 0 saturated carbocycles. The smallest absolute Gasteiger partial charge is 0.331 e. The van der Waals surface area contributed by atoms with Crippen molar-refractivity contribution in [2.45, 2.75) is 116 Å². The predicted octanol–water partition coefficient (Wildman–Crippen LogP) is -0.250. The summed E-state index contributed by atoms with van der Waals surface area (Å²) in [6.07, 6.45) is 2.25. The molecule has 0 rings (SSSR count). The summed E-state index contributed by atoms with van der Waals surface area (Å²) < 4.78 is 117. The number of alkyl halides is 1. The molecule has 0 spiro atoms. The summed E-state index contributed by atoms with van der Waals surface area (Å²) in [7, 11) is 11.2. The molecule has 0 atom stereocenters. The van der Waals surface area contributed by atoms with Crippen LogP contribution >= 0.6 is 28.3 Å². The van der Waals surface area contributed by atoms with Crippen molar-refractivity contribution >= 4 is 106 Å². The second-order valence-corrected chi connectivity index (χ2v) is 23.4. The summed E-state index contributed by atoms with van der Waals surface area (Å²) in [6, 6.07) is -2.66. The molecule has 0 unspecified atom stereocenters. The van der Waals surface area contributed by atoms with E-state index in [9.17, 15) is 62.3 Å². The van der Waals surface area contributed by atoms with Crippen molar-refractivity contribution in [3.8, 4) is 0 Å². The molecule has 0 heterocycles. The summed E-state index contributed by atoms with van der Waals surface area (Å²) >= 11 is 3.24. The molecule has 7 N–H and O–H groups in total. The fourth-order valence-corrected chi connectivity index (χ4v) is 7.55. The number of nitrogens with two attached hydrogens (primary N) is 1. The van der Waals surface area contributed by atoms with E-state index < -0.39 is 95.6 Å². The molecule has 0 saturated heterocycles. The van der Waals surface area contributed by atoms with Crippen molar-refractivity contribution in [1.82, 2.24) is 16.0 Å². The van der Waals surface area contributed by atoms with E-state index in [0.717, 1.165) is 37.8 Å². The van der Waals surface area contributed by atoms with E-state index in [1.165, 1.54) is 64.0 Å². The fourth-order valence-electron chi connectivity index (χ4n) is 7.32. The summed E-state index contributed by atoms with van der Waals surface area (Å²) in [5.74, 6) is -6.78. The molecule has 0 aromatic heterocycles. The molecule has 0 bridgehead atoms. The number of esters is 9. The van der Waals surface area contributed by atoms with Gasteiger partial charge in [-0.05, 0) is 19.3 Å². The molecule has 690 valence electrons. The molecule has 0 fully saturated rings. The maximum atomic E-state index is 11.8. The zero-order chi connectivity index (χ0) is 88.3. The van der Waals surface area contributed by atoms with Gasteiger partial charge < -0.3 is 146 Å². The van der Waals surface area contributed by atoms with Crippen LogP contribution in [-0.2, 0) is 176 Å². The second kappa shape index (κ2) is 98.0.